The number of carbonyl (C=O) groups is 1. The summed E-state index contributed by atoms with van der Waals surface area (Å²) in [5.74, 6) is 0.873. The average Bonchev–Trinajstić information content (AvgIpc) is 2.61. The molecule has 1 saturated heterocycles. The zero-order chi connectivity index (χ0) is 18.0. The van der Waals surface area contributed by atoms with Gasteiger partial charge in [-0.15, -0.1) is 11.6 Å². The Kier molecular flexibility index (Phi) is 5.28. The van der Waals surface area contributed by atoms with Crippen molar-refractivity contribution in [3.05, 3.63) is 11.8 Å². The fraction of sp³-hybridized carbons (Fsp3) is 0.647. The number of ether oxygens (including phenoxy) is 1. The molecule has 2 N–H and O–H groups in total. The molecule has 134 valence electrons. The van der Waals surface area contributed by atoms with Crippen molar-refractivity contribution in [3.8, 4) is 11.9 Å². The van der Waals surface area contributed by atoms with E-state index in [2.05, 4.69) is 20.6 Å². The third kappa shape index (κ3) is 3.79. The Bertz CT molecular complexity index is 692. The van der Waals surface area contributed by atoms with Crippen molar-refractivity contribution in [2.24, 2.45) is 11.8 Å². The van der Waals surface area contributed by atoms with Gasteiger partial charge in [0.05, 0.1) is 19.2 Å². The highest BCUT2D eigenvalue weighted by atomic mass is 35.5. The number of nitrogens with zero attached hydrogens (tertiary/aromatic N) is 3. The maximum Gasteiger partial charge on any atom is 0.236 e. The van der Waals surface area contributed by atoms with Crippen LogP contribution in [0.1, 0.15) is 38.2 Å². The number of hydrogen-bond acceptors (Lipinski definition) is 6. The summed E-state index contributed by atoms with van der Waals surface area (Å²) in [6.45, 7) is 1.94. The minimum absolute atomic E-state index is 0.0647. The van der Waals surface area contributed by atoms with Crippen LogP contribution in [0.25, 0.3) is 0 Å². The number of alkyl halides is 1. The quantitative estimate of drug-likeness (QED) is 0.794. The van der Waals surface area contributed by atoms with Crippen molar-refractivity contribution in [2.75, 3.05) is 12.4 Å². The van der Waals surface area contributed by atoms with E-state index in [1.165, 1.54) is 13.3 Å². The Hall–Kier alpha value is -2.07. The van der Waals surface area contributed by atoms with E-state index < -0.39 is 0 Å². The molecule has 0 aromatic carbocycles. The number of carbonyl (C=O) groups excluding carboxylic acids is 1. The molecule has 1 aromatic rings. The molecule has 1 aromatic heterocycles. The summed E-state index contributed by atoms with van der Waals surface area (Å²) in [6.07, 6.45) is 5.07. The predicted molar refractivity (Wildman–Crippen MR) is 93.4 cm³/mol. The molecule has 0 spiro atoms. The van der Waals surface area contributed by atoms with Crippen LogP contribution in [-0.4, -0.2) is 40.4 Å². The number of piperidine rings is 1. The molecule has 1 amide bonds. The number of aromatic nitrogens is 2. The number of hydrogen-bond donors (Lipinski definition) is 2. The maximum absolute atomic E-state index is 12.5. The molecule has 25 heavy (non-hydrogen) atoms. The van der Waals surface area contributed by atoms with Crippen LogP contribution >= 0.6 is 11.6 Å². The summed E-state index contributed by atoms with van der Waals surface area (Å²) in [5, 5.41) is 15.5. The molecule has 1 aliphatic heterocycles. The van der Waals surface area contributed by atoms with Gasteiger partial charge in [0.15, 0.2) is 0 Å². The minimum atomic E-state index is -0.173. The van der Waals surface area contributed by atoms with Gasteiger partial charge in [0.2, 0.25) is 17.7 Å². The number of fused-ring (bicyclic) bond motifs is 1. The Morgan fingerprint density at radius 2 is 2.28 bits per heavy atom. The average molecular weight is 364 g/mol. The summed E-state index contributed by atoms with van der Waals surface area (Å²) >= 11 is 6.30. The van der Waals surface area contributed by atoms with Gasteiger partial charge in [0.1, 0.15) is 11.6 Å². The molecule has 7 nitrogen and oxygen atoms in total. The normalized spacial score (nSPS) is 29.8. The van der Waals surface area contributed by atoms with Gasteiger partial charge in [-0.25, -0.2) is 4.98 Å². The lowest BCUT2D eigenvalue weighted by atomic mass is 9.74. The lowest BCUT2D eigenvalue weighted by Crippen LogP contribution is -2.55. The molecule has 0 bridgehead atoms. The monoisotopic (exact) mass is 363 g/mol. The second-order valence-electron chi connectivity index (χ2n) is 6.79. The summed E-state index contributed by atoms with van der Waals surface area (Å²) in [4.78, 5) is 20.8. The van der Waals surface area contributed by atoms with Gasteiger partial charge >= 0.3 is 0 Å². The molecular weight excluding hydrogens is 342 g/mol. The molecule has 3 rings (SSSR count). The van der Waals surface area contributed by atoms with E-state index in [1.807, 2.05) is 13.0 Å². The molecule has 2 heterocycles. The van der Waals surface area contributed by atoms with Gasteiger partial charge in [-0.1, -0.05) is 0 Å². The zero-order valence-corrected chi connectivity index (χ0v) is 15.1. The van der Waals surface area contributed by atoms with E-state index >= 15 is 0 Å². The van der Waals surface area contributed by atoms with E-state index in [9.17, 15) is 4.79 Å². The van der Waals surface area contributed by atoms with Crippen molar-refractivity contribution in [3.63, 3.8) is 0 Å². The molecule has 4 unspecified atom stereocenters. The number of amides is 1. The lowest BCUT2D eigenvalue weighted by molar-refractivity contribution is -0.130. The Morgan fingerprint density at radius 1 is 1.48 bits per heavy atom. The fourth-order valence-corrected chi connectivity index (χ4v) is 4.14. The number of halogens is 1. The van der Waals surface area contributed by atoms with Crippen LogP contribution in [0.5, 0.6) is 5.88 Å². The molecular formula is C17H22ClN5O2. The van der Waals surface area contributed by atoms with Crippen LogP contribution in [0.15, 0.2) is 6.20 Å². The zero-order valence-electron chi connectivity index (χ0n) is 14.3. The summed E-state index contributed by atoms with van der Waals surface area (Å²) < 4.78 is 5.10. The van der Waals surface area contributed by atoms with Crippen LogP contribution in [0.2, 0.25) is 0 Å². The highest BCUT2D eigenvalue weighted by molar-refractivity contribution is 6.20. The molecule has 1 aliphatic carbocycles. The van der Waals surface area contributed by atoms with Gasteiger partial charge in [-0.3, -0.25) is 4.79 Å². The smallest absolute Gasteiger partial charge is 0.236 e. The first-order valence-corrected chi connectivity index (χ1v) is 8.97. The first kappa shape index (κ1) is 17.7. The maximum atomic E-state index is 12.5. The first-order valence-electron chi connectivity index (χ1n) is 8.54. The first-order chi connectivity index (χ1) is 12.0. The van der Waals surface area contributed by atoms with E-state index in [-0.39, 0.29) is 40.7 Å². The van der Waals surface area contributed by atoms with Gasteiger partial charge in [-0.2, -0.15) is 10.2 Å². The van der Waals surface area contributed by atoms with Crippen LogP contribution in [0.4, 0.5) is 5.95 Å². The summed E-state index contributed by atoms with van der Waals surface area (Å²) in [5.41, 5.74) is 0.273. The van der Waals surface area contributed by atoms with Crippen molar-refractivity contribution < 1.29 is 9.53 Å². The van der Waals surface area contributed by atoms with Crippen molar-refractivity contribution >= 4 is 23.5 Å². The van der Waals surface area contributed by atoms with Crippen molar-refractivity contribution in [2.45, 2.75) is 50.1 Å². The van der Waals surface area contributed by atoms with Crippen LogP contribution < -0.4 is 15.4 Å². The Morgan fingerprint density at radius 3 is 3.00 bits per heavy atom. The highest BCUT2D eigenvalue weighted by Crippen LogP contribution is 2.36. The molecule has 0 radical (unpaired) electrons. The number of nitrogens with one attached hydrogen (secondary N) is 2. The van der Waals surface area contributed by atoms with E-state index in [0.717, 1.165) is 25.7 Å². The largest absolute Gasteiger partial charge is 0.480 e. The Balaban J connectivity index is 1.69. The van der Waals surface area contributed by atoms with Crippen LogP contribution in [-0.2, 0) is 4.79 Å². The molecule has 8 heteroatoms. The number of nitriles is 1. The molecule has 2 aliphatic rings. The van der Waals surface area contributed by atoms with Gasteiger partial charge < -0.3 is 15.4 Å². The van der Waals surface area contributed by atoms with Crippen molar-refractivity contribution in [1.29, 1.82) is 5.26 Å². The molecule has 1 saturated carbocycles. The summed E-state index contributed by atoms with van der Waals surface area (Å²) in [6, 6.07) is 2.08. The number of methoxy groups -OCH3 is 1. The predicted octanol–water partition coefficient (Wildman–Crippen LogP) is 2.07. The Labute approximate surface area is 152 Å². The SMILES string of the molecule is COc1nc(N[C@@H](C)C2CC3CC(Cl)CCC3NC2=O)ncc1C#N. The van der Waals surface area contributed by atoms with Crippen LogP contribution in [0.3, 0.4) is 0 Å². The second kappa shape index (κ2) is 7.44. The number of anilines is 1. The van der Waals surface area contributed by atoms with Gasteiger partial charge in [0.25, 0.3) is 0 Å². The third-order valence-corrected chi connectivity index (χ3v) is 5.56. The van der Waals surface area contributed by atoms with Gasteiger partial charge in [0, 0.05) is 17.5 Å². The number of rotatable bonds is 4. The van der Waals surface area contributed by atoms with Crippen molar-refractivity contribution in [1.82, 2.24) is 15.3 Å². The molecule has 2 fully saturated rings. The van der Waals surface area contributed by atoms with E-state index in [1.54, 1.807) is 0 Å². The van der Waals surface area contributed by atoms with Crippen LogP contribution in [0, 0.1) is 23.2 Å². The third-order valence-electron chi connectivity index (χ3n) is 5.17. The second-order valence-corrected chi connectivity index (χ2v) is 7.41. The topological polar surface area (TPSA) is 99.9 Å². The van der Waals surface area contributed by atoms with E-state index in [0.29, 0.717) is 11.9 Å². The summed E-state index contributed by atoms with van der Waals surface area (Å²) in [7, 11) is 1.46. The van der Waals surface area contributed by atoms with Gasteiger partial charge in [-0.05, 0) is 38.5 Å². The fourth-order valence-electron chi connectivity index (χ4n) is 3.78. The standard InChI is InChI=1S/C17H22ClN5O2/c1-9(21-17-20-8-11(7-19)16(23-17)25-2)13-6-10-5-12(18)3-4-14(10)22-15(13)24/h8-10,12-14H,3-6H2,1-2H3,(H,22,24)(H,20,21,23)/t9-,10?,12?,13?,14?/m0/s1. The molecule has 5 atom stereocenters. The lowest BCUT2D eigenvalue weighted by Gasteiger charge is -2.42. The minimum Gasteiger partial charge on any atom is -0.480 e. The highest BCUT2D eigenvalue weighted by Gasteiger charge is 2.41. The van der Waals surface area contributed by atoms with E-state index in [4.69, 9.17) is 21.6 Å².